The third kappa shape index (κ3) is 12.7. The van der Waals surface area contributed by atoms with Gasteiger partial charge in [0.2, 0.25) is 7.34 Å². The Bertz CT molecular complexity index is 3690. The zero-order chi connectivity index (χ0) is 82.3. The Balaban J connectivity index is 3.28. The molecule has 0 saturated heterocycles. The number of methoxy groups -OCH3 is 2. The molecule has 0 aliphatic carbocycles. The van der Waals surface area contributed by atoms with Crippen molar-refractivity contribution >= 4 is 24.0 Å². The van der Waals surface area contributed by atoms with Crippen LogP contribution in [0, 0.1) is 10.8 Å². The van der Waals surface area contributed by atoms with E-state index in [2.05, 4.69) is 19.6 Å². The van der Waals surface area contributed by atoms with Gasteiger partial charge in [-0.2, -0.15) is 0 Å². The maximum Gasteiger partial charge on any atom is 0.407 e. The monoisotopic (exact) mass is 757 g/mol. The molecule has 0 fully saturated rings. The Kier molecular flexibility index (Phi) is 3.34. The molecule has 1 heterocycles. The highest BCUT2D eigenvalue weighted by Gasteiger charge is 2.37. The Morgan fingerprint density at radius 1 is 0.863 bits per heavy atom. The molecular formula is C38H52N6O7. The number of nitrogens with one attached hydrogen (secondary N) is 4. The van der Waals surface area contributed by atoms with Gasteiger partial charge >= 0.3 is 12.2 Å². The van der Waals surface area contributed by atoms with Crippen LogP contribution in [0.1, 0.15) is 117 Å². The number of carbonyl (C=O) groups is 4. The summed E-state index contributed by atoms with van der Waals surface area (Å²) in [5.41, 5.74) is -21.9. The van der Waals surface area contributed by atoms with Crippen molar-refractivity contribution in [2.24, 2.45) is 10.8 Å². The predicted molar refractivity (Wildman–Crippen MR) is 194 cm³/mol. The molecule has 0 aliphatic rings. The summed E-state index contributed by atoms with van der Waals surface area (Å²) in [6.07, 6.45) is -20.2. The molecule has 0 aliphatic heterocycles. The lowest BCUT2D eigenvalue weighted by molar-refractivity contribution is -0.132. The van der Waals surface area contributed by atoms with Crippen molar-refractivity contribution in [3.05, 3.63) is 89.8 Å². The van der Waals surface area contributed by atoms with Crippen LogP contribution in [-0.2, 0) is 31.9 Å². The summed E-state index contributed by atoms with van der Waals surface area (Å²) in [7, 11) is -8.83. The molecule has 5 N–H and O–H groups in total. The number of pyridine rings is 1. The number of nitrogens with zero attached hydrogens (tertiary/aromatic N) is 2. The molecule has 0 radical (unpaired) electrons. The van der Waals surface area contributed by atoms with Gasteiger partial charge in [0.1, 0.15) is 12.0 Å². The van der Waals surface area contributed by atoms with E-state index in [0.717, 1.165) is 0 Å². The van der Waals surface area contributed by atoms with Crippen LogP contribution in [0.3, 0.4) is 0 Å². The molecule has 0 spiro atoms. The molecule has 4 amide bonds. The normalized spacial score (nSPS) is 34.1. The highest BCUT2D eigenvalue weighted by molar-refractivity contribution is 5.87. The van der Waals surface area contributed by atoms with Crippen molar-refractivity contribution in [2.45, 2.75) is 78.1 Å². The fourth-order valence-corrected chi connectivity index (χ4v) is 2.84. The molecule has 2 aromatic carbocycles. The Hall–Kier alpha value is -5.01. The predicted octanol–water partition coefficient (Wildman–Crippen LogP) is 4.21. The van der Waals surface area contributed by atoms with Crippen LogP contribution in [0.25, 0.3) is 11.3 Å². The lowest BCUT2D eigenvalue weighted by Crippen LogP contribution is -2.60. The summed E-state index contributed by atoms with van der Waals surface area (Å²) in [5.74, 6) is -8.10. The number of ether oxygens (including phenoxy) is 2. The number of aliphatic hydroxyl groups is 1. The van der Waals surface area contributed by atoms with E-state index in [1.54, 1.807) is 0 Å². The molecule has 0 saturated carbocycles. The Morgan fingerprint density at radius 2 is 1.47 bits per heavy atom. The molecule has 13 nitrogen and oxygen atoms in total. The van der Waals surface area contributed by atoms with Gasteiger partial charge in [-0.05, 0) is 40.4 Å². The quantitative estimate of drug-likeness (QED) is 0.143. The highest BCUT2D eigenvalue weighted by Crippen LogP contribution is 2.23. The number of hydrazine groups is 1. The SMILES string of the molecule is [2H]O[C@@]([2H])(C([2H])([2H])N(N([2H])C(=O)[C@@]([2H])(N([2H])C(=O)OC([2H])([2H])[2H])C(C([2H])([2H])[2H])(C([2H])([2H])[2H])C([2H])([2H])[2H])C([2H])([2H])c1c([2H])c([2H])c(-c2nc([2H])c([2H])c([2H])c2[2H])c([2H])c1[2H])[C@@]([2H])(N([2H])C(=O)[C@@]([2H])(N([2H])C(=O)OC([2H])([2H])[2H])C(C([2H])([2H])[2H])(C([2H])([2H])[2H])C([2H])([2H])[2H])C([2H])([2H])c1c([2H])c([2H])c([2H])c([2H])c1[2H]. The molecule has 0 unspecified atom stereocenters. The van der Waals surface area contributed by atoms with Crippen molar-refractivity contribution in [1.29, 1.82) is 1.43 Å². The Morgan fingerprint density at radius 3 is 2.06 bits per heavy atom. The van der Waals surface area contributed by atoms with E-state index in [1.807, 2.05) is 0 Å². The van der Waals surface area contributed by atoms with E-state index in [-0.39, 0.29) is 0 Å². The third-order valence-electron chi connectivity index (χ3n) is 4.81. The molecule has 3 rings (SSSR count). The summed E-state index contributed by atoms with van der Waals surface area (Å²) < 4.78 is 454. The van der Waals surface area contributed by atoms with Gasteiger partial charge in [-0.1, -0.05) is 102 Å². The third-order valence-corrected chi connectivity index (χ3v) is 4.81. The largest absolute Gasteiger partial charge is 0.453 e. The number of alkyl carbamates (subject to hydrolysis) is 2. The summed E-state index contributed by atoms with van der Waals surface area (Å²) >= 11 is 0. The van der Waals surface area contributed by atoms with Crippen molar-refractivity contribution in [1.82, 2.24) is 31.3 Å². The first-order valence-electron chi connectivity index (χ1n) is 38.2. The van der Waals surface area contributed by atoms with E-state index in [1.165, 1.54) is 0 Å². The van der Waals surface area contributed by atoms with Crippen molar-refractivity contribution in [3.8, 4) is 11.3 Å². The van der Waals surface area contributed by atoms with Gasteiger partial charge in [0.25, 0.3) is 5.91 Å². The number of benzene rings is 2. The second-order valence-corrected chi connectivity index (χ2v) is 8.51. The van der Waals surface area contributed by atoms with Crippen LogP contribution < -0.4 is 21.3 Å². The van der Waals surface area contributed by atoms with Crippen LogP contribution in [0.2, 0.25) is 5.65 Å². The van der Waals surface area contributed by atoms with Gasteiger partial charge in [-0.25, -0.2) is 14.6 Å². The molecule has 3 aromatic rings. The van der Waals surface area contributed by atoms with Crippen molar-refractivity contribution in [2.75, 3.05) is 20.6 Å². The minimum atomic E-state index is -6.44. The van der Waals surface area contributed by atoms with Crippen LogP contribution in [0.15, 0.2) is 78.7 Å². The summed E-state index contributed by atoms with van der Waals surface area (Å²) in [6, 6.07) is -41.1. The van der Waals surface area contributed by atoms with Crippen LogP contribution in [0.5, 0.6) is 0 Å². The lowest BCUT2D eigenvalue weighted by atomic mass is 9.85. The van der Waals surface area contributed by atoms with E-state index < -0.39 is 261 Å². The van der Waals surface area contributed by atoms with Gasteiger partial charge < -0.3 is 30.5 Å². The van der Waals surface area contributed by atoms with Crippen LogP contribution in [-0.4, -0.2) is 85.2 Å². The maximum absolute atomic E-state index is 15.9. The molecule has 4 atom stereocenters. The second kappa shape index (κ2) is 18.3. The molecule has 13 heteroatoms. The number of aromatic nitrogens is 1. The van der Waals surface area contributed by atoms with Crippen molar-refractivity contribution in [3.63, 3.8) is 0 Å². The minimum Gasteiger partial charge on any atom is -0.453 e. The number of carbonyl (C=O) groups excluding carboxylic acids is 4. The smallest absolute Gasteiger partial charge is 0.407 e. The van der Waals surface area contributed by atoms with Gasteiger partial charge in [-0.15, -0.1) is 0 Å². The molecule has 1 aromatic heterocycles. The van der Waals surface area contributed by atoms with Crippen molar-refractivity contribution < 1.29 is 104 Å². The van der Waals surface area contributed by atoms with E-state index in [9.17, 15) is 26.1 Å². The topological polar surface area (TPSA) is 171 Å². The summed E-state index contributed by atoms with van der Waals surface area (Å²) in [6.45, 7) is -44.5. The van der Waals surface area contributed by atoms with Gasteiger partial charge in [0.15, 0.2) is 5.65 Å². The Labute approximate surface area is 373 Å². The molecule has 51 heavy (non-hydrogen) atoms. The first-order chi connectivity index (χ1) is 45.2. The van der Waals surface area contributed by atoms with Crippen LogP contribution >= 0.6 is 0 Å². The van der Waals surface area contributed by atoms with Gasteiger partial charge in [0, 0.05) is 54.9 Å². The zero-order valence-corrected chi connectivity index (χ0v) is 24.5. The maximum atomic E-state index is 15.9. The standard InChI is InChI=1S/C38H52N6O7/c1-37(2,3)31(41-35(48)50-7)33(46)40-29(22-25-14-10-9-11-15-25)30(45)24-44(43-34(47)32(38(4,5)6)42-36(49)51-8)23-26-17-19-27(20-18-26)28-16-12-13-21-39-28/h9-21,29-32,45H,22-24H2,1-8H3,(H,40,46)(H,41,48)(H,42,49)(H,43,47)/t29-,30-,31+,32+/m0/s1/i1D3,2D3,3D3,4D3,5D3,6D3,7D3,8D3,9D,10D,11D,12D,13D,14D,15D,16D,17D,18D,19D,20D,21D,22D2,23D2,24D2,29D,30D,31D,32D,45D/hD4. The van der Waals surface area contributed by atoms with Gasteiger partial charge in [-0.3, -0.25) is 20.0 Å². The average Bonchev–Trinajstić information content (AvgIpc) is 0.674. The molecule has 0 bridgehead atoms. The van der Waals surface area contributed by atoms with Crippen LogP contribution in [0.4, 0.5) is 9.59 Å². The first kappa shape index (κ1) is 9.31. The fraction of sp³-hybridized carbons (Fsp3) is 0.447. The van der Waals surface area contributed by atoms with Gasteiger partial charge in [0.05, 0.1) is 66.1 Å². The second-order valence-electron chi connectivity index (χ2n) is 8.51. The first-order valence-corrected chi connectivity index (χ1v) is 12.5. The number of hydrogen-bond donors (Lipinski definition) is 5. The van der Waals surface area contributed by atoms with E-state index >= 15 is 9.59 Å². The number of rotatable bonds is 15. The minimum absolute atomic E-state index is 1.18. The summed E-state index contributed by atoms with van der Waals surface area (Å²) in [5, 5.41) is -4.25. The fourth-order valence-electron chi connectivity index (χ4n) is 2.84. The summed E-state index contributed by atoms with van der Waals surface area (Å²) in [4.78, 5) is 62.7. The molecule has 276 valence electrons. The average molecular weight is 757 g/mol. The number of hydrogen-bond acceptors (Lipinski definition) is 9. The lowest BCUT2D eigenvalue weighted by Gasteiger charge is -2.35. The zero-order valence-electron chi connectivity index (χ0n) is 76.5. The highest BCUT2D eigenvalue weighted by atomic mass is 16.5. The van der Waals surface area contributed by atoms with E-state index in [4.69, 9.17) is 55.0 Å². The van der Waals surface area contributed by atoms with E-state index in [0.29, 0.717) is 0 Å². The number of amides is 4. The molecular weight excluding hydrogens is 652 g/mol.